The Bertz CT molecular complexity index is 914. The number of benzene rings is 2. The molecule has 1 N–H and O–H groups in total. The van der Waals surface area contributed by atoms with Gasteiger partial charge in [-0.1, -0.05) is 35.5 Å². The number of thioether (sulfide) groups is 1. The van der Waals surface area contributed by atoms with E-state index in [4.69, 9.17) is 4.52 Å². The number of amides is 1. The van der Waals surface area contributed by atoms with Crippen LogP contribution in [0.25, 0.3) is 0 Å². The van der Waals surface area contributed by atoms with E-state index >= 15 is 0 Å². The largest absolute Gasteiger partial charge is 0.372 e. The van der Waals surface area contributed by atoms with Gasteiger partial charge in [-0.2, -0.15) is 4.98 Å². The van der Waals surface area contributed by atoms with E-state index in [-0.39, 0.29) is 5.91 Å². The highest BCUT2D eigenvalue weighted by atomic mass is 32.2. The lowest BCUT2D eigenvalue weighted by Gasteiger charge is -2.23. The second-order valence-electron chi connectivity index (χ2n) is 6.54. The van der Waals surface area contributed by atoms with Crippen LogP contribution in [-0.4, -0.2) is 35.7 Å². The van der Waals surface area contributed by atoms with Crippen LogP contribution in [0.2, 0.25) is 0 Å². The summed E-state index contributed by atoms with van der Waals surface area (Å²) in [4.78, 5) is 20.1. The Morgan fingerprint density at radius 3 is 2.62 bits per heavy atom. The molecule has 0 radical (unpaired) electrons. The highest BCUT2D eigenvalue weighted by Crippen LogP contribution is 2.25. The number of para-hydroxylation sites is 1. The van der Waals surface area contributed by atoms with E-state index in [1.165, 1.54) is 17.4 Å². The topological polar surface area (TPSA) is 71.3 Å². The average Bonchev–Trinajstić information content (AvgIpc) is 3.18. The molecule has 0 bridgehead atoms. The van der Waals surface area contributed by atoms with Crippen LogP contribution >= 0.6 is 11.8 Å². The Balaban J connectivity index is 1.50. The molecule has 152 valence electrons. The molecule has 1 aromatic heterocycles. The van der Waals surface area contributed by atoms with Gasteiger partial charge in [0.25, 0.3) is 5.91 Å². The van der Waals surface area contributed by atoms with Gasteiger partial charge in [-0.05, 0) is 37.6 Å². The second-order valence-corrected chi connectivity index (χ2v) is 7.56. The van der Waals surface area contributed by atoms with Crippen LogP contribution in [0, 0.1) is 6.92 Å². The van der Waals surface area contributed by atoms with Crippen LogP contribution in [-0.2, 0) is 5.75 Å². The fraction of sp³-hybridized carbons (Fsp3) is 0.318. The molecule has 0 aliphatic heterocycles. The third-order valence-corrected chi connectivity index (χ3v) is 5.52. The van der Waals surface area contributed by atoms with Crippen molar-refractivity contribution in [2.75, 3.05) is 24.5 Å². The van der Waals surface area contributed by atoms with Crippen molar-refractivity contribution in [3.05, 3.63) is 71.9 Å². The zero-order valence-corrected chi connectivity index (χ0v) is 17.6. The Morgan fingerprint density at radius 2 is 1.90 bits per heavy atom. The lowest BCUT2D eigenvalue weighted by atomic mass is 10.2. The number of nitrogens with zero attached hydrogens (tertiary/aromatic N) is 3. The zero-order valence-electron chi connectivity index (χ0n) is 16.8. The minimum absolute atomic E-state index is 0.0554. The maximum Gasteiger partial charge on any atom is 0.252 e. The quantitative estimate of drug-likeness (QED) is 0.397. The molecule has 0 atom stereocenters. The first kappa shape index (κ1) is 20.9. The highest BCUT2D eigenvalue weighted by Gasteiger charge is 2.12. The van der Waals surface area contributed by atoms with Gasteiger partial charge < -0.3 is 14.7 Å². The molecule has 1 heterocycles. The molecule has 1 amide bonds. The molecule has 3 rings (SSSR count). The monoisotopic (exact) mass is 410 g/mol. The first-order valence-electron chi connectivity index (χ1n) is 9.76. The van der Waals surface area contributed by atoms with Gasteiger partial charge in [-0.25, -0.2) is 0 Å². The molecule has 0 unspecified atom stereocenters. The lowest BCUT2D eigenvalue weighted by molar-refractivity contribution is 0.0950. The number of hydrogen-bond donors (Lipinski definition) is 1. The van der Waals surface area contributed by atoms with Crippen molar-refractivity contribution < 1.29 is 9.32 Å². The van der Waals surface area contributed by atoms with Gasteiger partial charge in [-0.15, -0.1) is 11.8 Å². The third kappa shape index (κ3) is 6.09. The van der Waals surface area contributed by atoms with E-state index < -0.39 is 0 Å². The summed E-state index contributed by atoms with van der Waals surface area (Å²) in [5, 5.41) is 6.95. The Morgan fingerprint density at radius 1 is 1.14 bits per heavy atom. The van der Waals surface area contributed by atoms with Crippen LogP contribution in [0.15, 0.2) is 64.0 Å². The van der Waals surface area contributed by atoms with Crippen molar-refractivity contribution in [3.63, 3.8) is 0 Å². The minimum atomic E-state index is -0.0554. The van der Waals surface area contributed by atoms with Crippen LogP contribution < -0.4 is 10.2 Å². The zero-order chi connectivity index (χ0) is 20.5. The smallest absolute Gasteiger partial charge is 0.252 e. The van der Waals surface area contributed by atoms with Gasteiger partial charge in [-0.3, -0.25) is 4.79 Å². The normalized spacial score (nSPS) is 10.7. The Labute approximate surface area is 175 Å². The number of hydrogen-bond acceptors (Lipinski definition) is 6. The standard InChI is InChI=1S/C22H26N4O2S/c1-3-26(18-10-5-4-6-11-18)15-9-14-23-22(27)19-12-7-8-13-20(19)29-16-21-24-17(2)28-25-21/h4-8,10-13H,3,9,14-16H2,1-2H3,(H,23,27). The van der Waals surface area contributed by atoms with Crippen molar-refractivity contribution >= 4 is 23.4 Å². The average molecular weight is 411 g/mol. The van der Waals surface area contributed by atoms with Crippen LogP contribution in [0.1, 0.15) is 35.4 Å². The fourth-order valence-corrected chi connectivity index (χ4v) is 3.89. The van der Waals surface area contributed by atoms with Gasteiger partial charge in [0.1, 0.15) is 0 Å². The summed E-state index contributed by atoms with van der Waals surface area (Å²) in [7, 11) is 0. The number of anilines is 1. The molecule has 6 nitrogen and oxygen atoms in total. The van der Waals surface area contributed by atoms with Crippen molar-refractivity contribution in [2.45, 2.75) is 30.9 Å². The second kappa shape index (κ2) is 10.7. The van der Waals surface area contributed by atoms with E-state index in [0.717, 1.165) is 24.4 Å². The van der Waals surface area contributed by atoms with E-state index in [2.05, 4.69) is 39.4 Å². The number of aryl methyl sites for hydroxylation is 1. The van der Waals surface area contributed by atoms with Gasteiger partial charge in [0.15, 0.2) is 5.82 Å². The summed E-state index contributed by atoms with van der Waals surface area (Å²) in [5.41, 5.74) is 1.88. The van der Waals surface area contributed by atoms with Gasteiger partial charge >= 0.3 is 0 Å². The number of aromatic nitrogens is 2. The summed E-state index contributed by atoms with van der Waals surface area (Å²) < 4.78 is 5.00. The maximum absolute atomic E-state index is 12.7. The predicted molar refractivity (Wildman–Crippen MR) is 116 cm³/mol. The van der Waals surface area contributed by atoms with E-state index in [9.17, 15) is 4.79 Å². The summed E-state index contributed by atoms with van der Waals surface area (Å²) in [5.74, 6) is 1.68. The lowest BCUT2D eigenvalue weighted by Crippen LogP contribution is -2.30. The first-order valence-corrected chi connectivity index (χ1v) is 10.7. The highest BCUT2D eigenvalue weighted by molar-refractivity contribution is 7.98. The molecule has 2 aromatic carbocycles. The van der Waals surface area contributed by atoms with E-state index in [0.29, 0.717) is 29.6 Å². The van der Waals surface area contributed by atoms with E-state index in [1.54, 1.807) is 6.92 Å². The van der Waals surface area contributed by atoms with E-state index in [1.807, 2.05) is 42.5 Å². The molecule has 29 heavy (non-hydrogen) atoms. The van der Waals surface area contributed by atoms with Gasteiger partial charge in [0.05, 0.1) is 11.3 Å². The summed E-state index contributed by atoms with van der Waals surface area (Å²) in [6.45, 7) is 6.37. The molecule has 0 spiro atoms. The molecule has 3 aromatic rings. The SMILES string of the molecule is CCN(CCCNC(=O)c1ccccc1SCc1noc(C)n1)c1ccccc1. The number of carbonyl (C=O) groups is 1. The molecule has 0 aliphatic rings. The van der Waals surface area contributed by atoms with Crippen molar-refractivity contribution in [1.29, 1.82) is 0 Å². The summed E-state index contributed by atoms with van der Waals surface area (Å²) in [6.07, 6.45) is 0.881. The molecule has 0 aliphatic carbocycles. The first-order chi connectivity index (χ1) is 14.2. The van der Waals surface area contributed by atoms with Gasteiger partial charge in [0, 0.05) is 37.1 Å². The van der Waals surface area contributed by atoms with Crippen LogP contribution in [0.4, 0.5) is 5.69 Å². The molecule has 0 fully saturated rings. The Kier molecular flexibility index (Phi) is 7.69. The molecule has 7 heteroatoms. The predicted octanol–water partition coefficient (Wildman–Crippen LogP) is 4.32. The van der Waals surface area contributed by atoms with Crippen molar-refractivity contribution in [2.24, 2.45) is 0 Å². The number of rotatable bonds is 10. The van der Waals surface area contributed by atoms with Crippen LogP contribution in [0.3, 0.4) is 0 Å². The van der Waals surface area contributed by atoms with Crippen molar-refractivity contribution in [3.8, 4) is 0 Å². The Hall–Kier alpha value is -2.80. The summed E-state index contributed by atoms with van der Waals surface area (Å²) in [6, 6.07) is 17.9. The van der Waals surface area contributed by atoms with Crippen LogP contribution in [0.5, 0.6) is 0 Å². The number of nitrogens with one attached hydrogen (secondary N) is 1. The maximum atomic E-state index is 12.7. The fourth-order valence-electron chi connectivity index (χ4n) is 3.00. The third-order valence-electron chi connectivity index (χ3n) is 4.45. The summed E-state index contributed by atoms with van der Waals surface area (Å²) >= 11 is 1.53. The van der Waals surface area contributed by atoms with Crippen molar-refractivity contribution in [1.82, 2.24) is 15.5 Å². The van der Waals surface area contributed by atoms with Gasteiger partial charge in [0.2, 0.25) is 5.89 Å². The minimum Gasteiger partial charge on any atom is -0.372 e. The molecule has 0 saturated heterocycles. The molecule has 0 saturated carbocycles. The molecular weight excluding hydrogens is 384 g/mol. The number of carbonyl (C=O) groups excluding carboxylic acids is 1. The molecular formula is C22H26N4O2S.